The maximum atomic E-state index is 9.46. The average Bonchev–Trinajstić information content (AvgIpc) is 2.41. The molecular weight excluding hydrogens is 232 g/mol. The van der Waals surface area contributed by atoms with Crippen molar-refractivity contribution < 1.29 is 10.2 Å². The Balaban J connectivity index is 2.52. The van der Waals surface area contributed by atoms with Gasteiger partial charge in [0.2, 0.25) is 5.06 Å². The number of thiocarbonyl (C=S) groups is 1. The zero-order chi connectivity index (χ0) is 11.0. The number of fused-ring (bicyclic) bond motifs is 1. The molecule has 6 heteroatoms. The molecule has 0 unspecified atom stereocenters. The maximum Gasteiger partial charge on any atom is 0.215 e. The van der Waals surface area contributed by atoms with Crippen LogP contribution in [0, 0.1) is 0 Å². The Morgan fingerprint density at radius 2 is 2.13 bits per heavy atom. The van der Waals surface area contributed by atoms with Gasteiger partial charge in [0.25, 0.3) is 0 Å². The molecule has 0 saturated heterocycles. The number of aromatic hydroxyl groups is 2. The van der Waals surface area contributed by atoms with E-state index in [9.17, 15) is 10.2 Å². The summed E-state index contributed by atoms with van der Waals surface area (Å²) >= 11 is 5.80. The first-order valence-corrected chi connectivity index (χ1v) is 5.31. The molecule has 4 nitrogen and oxygen atoms in total. The summed E-state index contributed by atoms with van der Waals surface area (Å²) in [6, 6.07) is 5.19. The van der Waals surface area contributed by atoms with Gasteiger partial charge in [0, 0.05) is 15.8 Å². The van der Waals surface area contributed by atoms with Crippen molar-refractivity contribution in [3.63, 3.8) is 0 Å². The molecule has 0 saturated carbocycles. The van der Waals surface area contributed by atoms with Crippen molar-refractivity contribution in [1.29, 1.82) is 0 Å². The first-order chi connectivity index (χ1) is 7.08. The summed E-state index contributed by atoms with van der Waals surface area (Å²) in [4.78, 5) is 0. The summed E-state index contributed by atoms with van der Waals surface area (Å²) in [5.74, 6) is -0.0862. The number of thiophene rings is 1. The molecule has 1 heterocycles. The van der Waals surface area contributed by atoms with E-state index in [-0.39, 0.29) is 15.9 Å². The highest BCUT2D eigenvalue weighted by Crippen LogP contribution is 2.42. The molecule has 0 fully saturated rings. The monoisotopic (exact) mass is 240 g/mol. The first-order valence-electron chi connectivity index (χ1n) is 4.09. The predicted molar refractivity (Wildman–Crippen MR) is 65.6 cm³/mol. The van der Waals surface area contributed by atoms with Crippen molar-refractivity contribution in [3.05, 3.63) is 18.2 Å². The molecular formula is C9H8N2O2S2. The summed E-state index contributed by atoms with van der Waals surface area (Å²) < 4.78 is 0.770. The van der Waals surface area contributed by atoms with Crippen molar-refractivity contribution in [2.75, 3.05) is 5.32 Å². The number of anilines is 1. The third-order valence-corrected chi connectivity index (χ3v) is 2.96. The first kappa shape index (κ1) is 10.0. The zero-order valence-corrected chi connectivity index (χ0v) is 9.15. The van der Waals surface area contributed by atoms with E-state index in [2.05, 4.69) is 5.32 Å². The molecule has 0 bridgehead atoms. The fourth-order valence-electron chi connectivity index (χ4n) is 1.29. The highest BCUT2D eigenvalue weighted by Gasteiger charge is 2.10. The average molecular weight is 240 g/mol. The molecule has 0 aliphatic rings. The second-order valence-electron chi connectivity index (χ2n) is 2.96. The van der Waals surface area contributed by atoms with E-state index in [1.165, 1.54) is 0 Å². The summed E-state index contributed by atoms with van der Waals surface area (Å²) in [6.07, 6.45) is 0. The Bertz CT molecular complexity index is 536. The Kier molecular flexibility index (Phi) is 2.37. The predicted octanol–water partition coefficient (Wildman–Crippen LogP) is 1.97. The van der Waals surface area contributed by atoms with Crippen LogP contribution in [0.1, 0.15) is 0 Å². The lowest BCUT2D eigenvalue weighted by atomic mass is 10.2. The van der Waals surface area contributed by atoms with Gasteiger partial charge >= 0.3 is 0 Å². The van der Waals surface area contributed by atoms with E-state index in [4.69, 9.17) is 18.0 Å². The van der Waals surface area contributed by atoms with Crippen LogP contribution in [0.3, 0.4) is 0 Å². The van der Waals surface area contributed by atoms with E-state index in [1.54, 1.807) is 18.2 Å². The van der Waals surface area contributed by atoms with Gasteiger partial charge in [0.15, 0.2) is 10.9 Å². The van der Waals surface area contributed by atoms with E-state index < -0.39 is 0 Å². The van der Waals surface area contributed by atoms with Gasteiger partial charge in [-0.15, -0.1) is 0 Å². The third-order valence-electron chi connectivity index (χ3n) is 1.91. The molecule has 78 valence electrons. The van der Waals surface area contributed by atoms with Crippen LogP contribution in [0.25, 0.3) is 10.1 Å². The molecule has 0 amide bonds. The van der Waals surface area contributed by atoms with Gasteiger partial charge < -0.3 is 21.3 Å². The van der Waals surface area contributed by atoms with Gasteiger partial charge in [-0.25, -0.2) is 0 Å². The van der Waals surface area contributed by atoms with Crippen LogP contribution in [0.2, 0.25) is 0 Å². The van der Waals surface area contributed by atoms with Gasteiger partial charge in [-0.05, 0) is 30.4 Å². The van der Waals surface area contributed by atoms with Crippen LogP contribution in [0.15, 0.2) is 18.2 Å². The van der Waals surface area contributed by atoms with E-state index in [0.717, 1.165) is 21.7 Å². The van der Waals surface area contributed by atoms with E-state index >= 15 is 0 Å². The standard InChI is InChI=1S/C9H8N2O2S2/c10-9(14)11-4-1-2-5-6(3-4)15-8(13)7(5)12/h1-3,12-13H,(H3,10,11,14). The molecule has 1 aromatic heterocycles. The minimum absolute atomic E-state index is 0.0857. The Morgan fingerprint density at radius 3 is 2.80 bits per heavy atom. The van der Waals surface area contributed by atoms with Crippen LogP contribution in [0.4, 0.5) is 5.69 Å². The van der Waals surface area contributed by atoms with Crippen molar-refractivity contribution in [2.24, 2.45) is 5.73 Å². The fraction of sp³-hybridized carbons (Fsp3) is 0. The normalized spacial score (nSPS) is 10.4. The van der Waals surface area contributed by atoms with Crippen molar-refractivity contribution in [1.82, 2.24) is 0 Å². The number of rotatable bonds is 1. The number of nitrogens with one attached hydrogen (secondary N) is 1. The molecule has 0 aliphatic carbocycles. The van der Waals surface area contributed by atoms with Gasteiger partial charge in [-0.2, -0.15) is 0 Å². The van der Waals surface area contributed by atoms with Crippen LogP contribution in [-0.4, -0.2) is 15.3 Å². The molecule has 0 radical (unpaired) electrons. The summed E-state index contributed by atoms with van der Waals surface area (Å²) in [5.41, 5.74) is 6.06. The number of hydrogen-bond donors (Lipinski definition) is 4. The van der Waals surface area contributed by atoms with Crippen molar-refractivity contribution >= 4 is 44.4 Å². The third kappa shape index (κ3) is 1.81. The van der Waals surface area contributed by atoms with Gasteiger partial charge in [0.05, 0.1) is 0 Å². The maximum absolute atomic E-state index is 9.46. The minimum Gasteiger partial charge on any atom is -0.503 e. The lowest BCUT2D eigenvalue weighted by Crippen LogP contribution is -2.18. The lowest BCUT2D eigenvalue weighted by molar-refractivity contribution is 0.419. The van der Waals surface area contributed by atoms with Gasteiger partial charge in [0.1, 0.15) is 0 Å². The van der Waals surface area contributed by atoms with Crippen molar-refractivity contribution in [3.8, 4) is 10.8 Å². The molecule has 5 N–H and O–H groups in total. The molecule has 1 aromatic carbocycles. The summed E-state index contributed by atoms with van der Waals surface area (Å²) in [6.45, 7) is 0. The van der Waals surface area contributed by atoms with Crippen LogP contribution in [-0.2, 0) is 0 Å². The number of nitrogens with two attached hydrogens (primary N) is 1. The van der Waals surface area contributed by atoms with Crippen LogP contribution >= 0.6 is 23.6 Å². The topological polar surface area (TPSA) is 78.5 Å². The van der Waals surface area contributed by atoms with Gasteiger partial charge in [-0.1, -0.05) is 11.3 Å². The van der Waals surface area contributed by atoms with Crippen LogP contribution < -0.4 is 11.1 Å². The van der Waals surface area contributed by atoms with E-state index in [1.807, 2.05) is 0 Å². The smallest absolute Gasteiger partial charge is 0.215 e. The number of hydrogen-bond acceptors (Lipinski definition) is 4. The minimum atomic E-state index is -0.0862. The van der Waals surface area contributed by atoms with Crippen LogP contribution in [0.5, 0.6) is 10.8 Å². The fourth-order valence-corrected chi connectivity index (χ4v) is 2.28. The lowest BCUT2D eigenvalue weighted by Gasteiger charge is -2.02. The Morgan fingerprint density at radius 1 is 1.40 bits per heavy atom. The summed E-state index contributed by atoms with van der Waals surface area (Å²) in [7, 11) is 0. The SMILES string of the molecule is NC(=S)Nc1ccc2c(O)c(O)sc2c1. The highest BCUT2D eigenvalue weighted by atomic mass is 32.1. The molecule has 15 heavy (non-hydrogen) atoms. The Labute approximate surface area is 95.0 Å². The molecule has 2 aromatic rings. The quantitative estimate of drug-likeness (QED) is 0.573. The Hall–Kier alpha value is -1.53. The van der Waals surface area contributed by atoms with Crippen molar-refractivity contribution in [2.45, 2.75) is 0 Å². The second-order valence-corrected chi connectivity index (χ2v) is 4.43. The van der Waals surface area contributed by atoms with E-state index in [0.29, 0.717) is 5.39 Å². The molecule has 0 spiro atoms. The summed E-state index contributed by atoms with van der Waals surface area (Å²) in [5, 5.41) is 22.3. The number of benzene rings is 1. The second kappa shape index (κ2) is 3.56. The molecule has 0 aliphatic heterocycles. The largest absolute Gasteiger partial charge is 0.503 e. The zero-order valence-electron chi connectivity index (χ0n) is 7.52. The van der Waals surface area contributed by atoms with Gasteiger partial charge in [-0.3, -0.25) is 0 Å². The molecule has 0 atom stereocenters. The molecule has 2 rings (SSSR count). The highest BCUT2D eigenvalue weighted by molar-refractivity contribution is 7.80.